The smallest absolute Gasteiger partial charge is 0.265 e. The Labute approximate surface area is 154 Å². The molecule has 0 fully saturated rings. The highest BCUT2D eigenvalue weighted by Gasteiger charge is 2.21. The van der Waals surface area contributed by atoms with Crippen LogP contribution in [0.2, 0.25) is 0 Å². The lowest BCUT2D eigenvalue weighted by Crippen LogP contribution is -2.35. The molecular formula is C21H26N2O3. The Hall–Kier alpha value is -2.82. The predicted octanol–water partition coefficient (Wildman–Crippen LogP) is 4.01. The average Bonchev–Trinajstić information content (AvgIpc) is 2.67. The number of carbonyl (C=O) groups excluding carboxylic acids is 2. The van der Waals surface area contributed by atoms with Crippen LogP contribution in [-0.2, 0) is 4.79 Å². The Balaban J connectivity index is 2.11. The van der Waals surface area contributed by atoms with Crippen molar-refractivity contribution in [3.8, 4) is 5.75 Å². The third-order valence-corrected chi connectivity index (χ3v) is 4.10. The fraction of sp³-hybridized carbons (Fsp3) is 0.333. The third-order valence-electron chi connectivity index (χ3n) is 4.10. The number of hydrogen-bond acceptors (Lipinski definition) is 3. The minimum atomic E-state index is -0.636. The number of para-hydroxylation sites is 2. The van der Waals surface area contributed by atoms with E-state index in [1.807, 2.05) is 51.1 Å². The van der Waals surface area contributed by atoms with E-state index in [1.165, 1.54) is 0 Å². The summed E-state index contributed by atoms with van der Waals surface area (Å²) in [6.45, 7) is 5.83. The SMILES string of the molecule is CCC(C)NC(=O)c1ccccc1NC(=O)C(CC)Oc1ccccc1. The molecule has 0 aromatic heterocycles. The number of ether oxygens (including phenoxy) is 1. The van der Waals surface area contributed by atoms with Gasteiger partial charge in [0.25, 0.3) is 11.8 Å². The molecular weight excluding hydrogens is 328 g/mol. The summed E-state index contributed by atoms with van der Waals surface area (Å²) in [7, 11) is 0. The standard InChI is InChI=1S/C21H26N2O3/c1-4-15(3)22-20(24)17-13-9-10-14-18(17)23-21(25)19(5-2)26-16-11-7-6-8-12-16/h6-15,19H,4-5H2,1-3H3,(H,22,24)(H,23,25). The van der Waals surface area contributed by atoms with E-state index in [-0.39, 0.29) is 17.9 Å². The first-order chi connectivity index (χ1) is 12.5. The first kappa shape index (κ1) is 19.5. The molecule has 0 spiro atoms. The fourth-order valence-electron chi connectivity index (χ4n) is 2.39. The van der Waals surface area contributed by atoms with Crippen LogP contribution in [0.1, 0.15) is 44.0 Å². The van der Waals surface area contributed by atoms with E-state index in [9.17, 15) is 9.59 Å². The van der Waals surface area contributed by atoms with Gasteiger partial charge in [-0.3, -0.25) is 9.59 Å². The van der Waals surface area contributed by atoms with Crippen LogP contribution in [0.5, 0.6) is 5.75 Å². The molecule has 0 aliphatic rings. The Morgan fingerprint density at radius 2 is 1.62 bits per heavy atom. The zero-order valence-electron chi connectivity index (χ0n) is 15.5. The van der Waals surface area contributed by atoms with Crippen LogP contribution in [0.4, 0.5) is 5.69 Å². The van der Waals surface area contributed by atoms with Gasteiger partial charge in [0.2, 0.25) is 0 Å². The molecule has 2 aromatic rings. The van der Waals surface area contributed by atoms with E-state index in [2.05, 4.69) is 10.6 Å². The molecule has 5 heteroatoms. The molecule has 0 aliphatic heterocycles. The molecule has 2 N–H and O–H groups in total. The minimum absolute atomic E-state index is 0.0658. The van der Waals surface area contributed by atoms with E-state index in [0.717, 1.165) is 6.42 Å². The lowest BCUT2D eigenvalue weighted by Gasteiger charge is -2.19. The van der Waals surface area contributed by atoms with E-state index in [4.69, 9.17) is 4.74 Å². The molecule has 2 aromatic carbocycles. The molecule has 138 valence electrons. The van der Waals surface area contributed by atoms with Crippen LogP contribution >= 0.6 is 0 Å². The predicted molar refractivity (Wildman–Crippen MR) is 103 cm³/mol. The summed E-state index contributed by atoms with van der Waals surface area (Å²) in [5.41, 5.74) is 0.920. The Morgan fingerprint density at radius 1 is 0.962 bits per heavy atom. The van der Waals surface area contributed by atoms with Crippen molar-refractivity contribution >= 4 is 17.5 Å². The highest BCUT2D eigenvalue weighted by Crippen LogP contribution is 2.18. The lowest BCUT2D eigenvalue weighted by molar-refractivity contribution is -0.122. The van der Waals surface area contributed by atoms with Crippen molar-refractivity contribution in [2.24, 2.45) is 0 Å². The van der Waals surface area contributed by atoms with Gasteiger partial charge in [0.15, 0.2) is 6.10 Å². The molecule has 2 amide bonds. The molecule has 0 aliphatic carbocycles. The number of anilines is 1. The molecule has 0 radical (unpaired) electrons. The van der Waals surface area contributed by atoms with Crippen molar-refractivity contribution in [3.05, 3.63) is 60.2 Å². The van der Waals surface area contributed by atoms with Crippen molar-refractivity contribution in [2.45, 2.75) is 45.8 Å². The number of hydrogen-bond donors (Lipinski definition) is 2. The molecule has 0 saturated heterocycles. The zero-order chi connectivity index (χ0) is 18.9. The van der Waals surface area contributed by atoms with Crippen molar-refractivity contribution in [2.75, 3.05) is 5.32 Å². The Morgan fingerprint density at radius 3 is 2.27 bits per heavy atom. The minimum Gasteiger partial charge on any atom is -0.481 e. The van der Waals surface area contributed by atoms with Gasteiger partial charge in [-0.05, 0) is 44.0 Å². The zero-order valence-corrected chi connectivity index (χ0v) is 15.5. The molecule has 2 unspecified atom stereocenters. The second-order valence-electron chi connectivity index (χ2n) is 6.15. The summed E-state index contributed by atoms with van der Waals surface area (Å²) >= 11 is 0. The van der Waals surface area contributed by atoms with Crippen molar-refractivity contribution in [1.82, 2.24) is 5.32 Å². The Bertz CT molecular complexity index is 731. The van der Waals surface area contributed by atoms with Crippen molar-refractivity contribution in [1.29, 1.82) is 0 Å². The normalized spacial score (nSPS) is 12.7. The van der Waals surface area contributed by atoms with Crippen molar-refractivity contribution < 1.29 is 14.3 Å². The van der Waals surface area contributed by atoms with E-state index >= 15 is 0 Å². The summed E-state index contributed by atoms with van der Waals surface area (Å²) in [5.74, 6) is 0.157. The van der Waals surface area contributed by atoms with Gasteiger partial charge < -0.3 is 15.4 Å². The molecule has 26 heavy (non-hydrogen) atoms. The summed E-state index contributed by atoms with van der Waals surface area (Å²) in [6, 6.07) is 16.3. The second-order valence-corrected chi connectivity index (χ2v) is 6.15. The van der Waals surface area contributed by atoms with Gasteiger partial charge in [-0.2, -0.15) is 0 Å². The number of carbonyl (C=O) groups is 2. The van der Waals surface area contributed by atoms with Crippen LogP contribution in [-0.4, -0.2) is 24.0 Å². The van der Waals surface area contributed by atoms with Crippen LogP contribution in [0, 0.1) is 0 Å². The first-order valence-corrected chi connectivity index (χ1v) is 8.97. The topological polar surface area (TPSA) is 67.4 Å². The fourth-order valence-corrected chi connectivity index (χ4v) is 2.39. The van der Waals surface area contributed by atoms with Crippen LogP contribution < -0.4 is 15.4 Å². The number of rotatable bonds is 8. The van der Waals surface area contributed by atoms with Crippen LogP contribution in [0.25, 0.3) is 0 Å². The van der Waals surface area contributed by atoms with Gasteiger partial charge in [-0.15, -0.1) is 0 Å². The lowest BCUT2D eigenvalue weighted by atomic mass is 10.1. The average molecular weight is 354 g/mol. The Kier molecular flexibility index (Phi) is 7.21. The number of benzene rings is 2. The van der Waals surface area contributed by atoms with Gasteiger partial charge in [-0.1, -0.05) is 44.2 Å². The largest absolute Gasteiger partial charge is 0.481 e. The van der Waals surface area contributed by atoms with Gasteiger partial charge >= 0.3 is 0 Å². The molecule has 0 heterocycles. The molecule has 0 saturated carbocycles. The molecule has 2 atom stereocenters. The van der Waals surface area contributed by atoms with Gasteiger partial charge in [0.1, 0.15) is 5.75 Å². The van der Waals surface area contributed by atoms with Gasteiger partial charge in [-0.25, -0.2) is 0 Å². The number of nitrogens with one attached hydrogen (secondary N) is 2. The highest BCUT2D eigenvalue weighted by molar-refractivity contribution is 6.04. The molecule has 2 rings (SSSR count). The van der Waals surface area contributed by atoms with Gasteiger partial charge in [0, 0.05) is 6.04 Å². The summed E-state index contributed by atoms with van der Waals surface area (Å²) in [5, 5.41) is 5.75. The van der Waals surface area contributed by atoms with Crippen LogP contribution in [0.15, 0.2) is 54.6 Å². The third kappa shape index (κ3) is 5.34. The molecule has 0 bridgehead atoms. The number of amides is 2. The van der Waals surface area contributed by atoms with E-state index in [1.54, 1.807) is 24.3 Å². The van der Waals surface area contributed by atoms with E-state index < -0.39 is 6.10 Å². The summed E-state index contributed by atoms with van der Waals surface area (Å²) < 4.78 is 5.77. The second kappa shape index (κ2) is 9.61. The van der Waals surface area contributed by atoms with Crippen molar-refractivity contribution in [3.63, 3.8) is 0 Å². The first-order valence-electron chi connectivity index (χ1n) is 8.97. The summed E-state index contributed by atoms with van der Waals surface area (Å²) in [6.07, 6.45) is 0.716. The maximum Gasteiger partial charge on any atom is 0.265 e. The maximum atomic E-state index is 12.6. The monoisotopic (exact) mass is 354 g/mol. The van der Waals surface area contributed by atoms with Gasteiger partial charge in [0.05, 0.1) is 11.3 Å². The van der Waals surface area contributed by atoms with E-state index in [0.29, 0.717) is 23.4 Å². The maximum absolute atomic E-state index is 12.6. The highest BCUT2D eigenvalue weighted by atomic mass is 16.5. The quantitative estimate of drug-likeness (QED) is 0.753. The summed E-state index contributed by atoms with van der Waals surface area (Å²) in [4.78, 5) is 25.1. The molecule has 5 nitrogen and oxygen atoms in total. The van der Waals surface area contributed by atoms with Crippen LogP contribution in [0.3, 0.4) is 0 Å².